The zero-order chi connectivity index (χ0) is 25.6. The number of epoxide rings is 1. The Bertz CT molecular complexity index is 1160. The van der Waals surface area contributed by atoms with Gasteiger partial charge in [0.2, 0.25) is 0 Å². The third kappa shape index (κ3) is 2.72. The summed E-state index contributed by atoms with van der Waals surface area (Å²) >= 11 is 0. The van der Waals surface area contributed by atoms with Crippen molar-refractivity contribution in [2.24, 2.45) is 22.2 Å². The van der Waals surface area contributed by atoms with Gasteiger partial charge < -0.3 is 23.7 Å². The van der Waals surface area contributed by atoms with Gasteiger partial charge in [-0.3, -0.25) is 4.79 Å². The smallest absolute Gasteiger partial charge is 0.339 e. The summed E-state index contributed by atoms with van der Waals surface area (Å²) in [5, 5.41) is 11.7. The highest BCUT2D eigenvalue weighted by molar-refractivity contribution is 6.03. The number of aliphatic hydroxyl groups is 1. The number of carbonyl (C=O) groups excluding carboxylic acids is 3. The maximum Gasteiger partial charge on any atom is 0.339 e. The second-order valence-corrected chi connectivity index (χ2v) is 11.2. The van der Waals surface area contributed by atoms with Crippen LogP contribution in [0.5, 0.6) is 0 Å². The van der Waals surface area contributed by atoms with Gasteiger partial charge in [-0.05, 0) is 38.7 Å². The van der Waals surface area contributed by atoms with E-state index in [2.05, 4.69) is 0 Å². The first-order valence-corrected chi connectivity index (χ1v) is 12.0. The van der Waals surface area contributed by atoms with Gasteiger partial charge in [-0.15, -0.1) is 0 Å². The molecule has 35 heavy (non-hydrogen) atoms. The Morgan fingerprint density at radius 1 is 1.20 bits per heavy atom. The van der Waals surface area contributed by atoms with Crippen LogP contribution >= 0.6 is 0 Å². The molecule has 1 N–H and O–H groups in total. The SMILES string of the molecule is COC(=O)/C=C\[C@@]1(C)C(=C(C)C)C(=O)[C@H](O)[C@]2(C)[C@@H]1CC[C@@]1(C)[C@H](c3ccoc3)OC(=O)[C@H]3O[C@@]321. The molecule has 2 aliphatic heterocycles. The average Bonchev–Trinajstić information content (AvgIpc) is 3.38. The highest BCUT2D eigenvalue weighted by Gasteiger charge is 2.88. The summed E-state index contributed by atoms with van der Waals surface area (Å²) in [6.45, 7) is 9.46. The van der Waals surface area contributed by atoms with Gasteiger partial charge >= 0.3 is 11.9 Å². The molecule has 0 aromatic carbocycles. The van der Waals surface area contributed by atoms with E-state index in [0.717, 1.165) is 5.57 Å². The van der Waals surface area contributed by atoms with Gasteiger partial charge in [0.15, 0.2) is 11.9 Å². The number of hydrogen-bond acceptors (Lipinski definition) is 8. The molecular weight excluding hydrogens is 452 g/mol. The van der Waals surface area contributed by atoms with E-state index in [9.17, 15) is 19.5 Å². The van der Waals surface area contributed by atoms with Crippen molar-refractivity contribution in [1.82, 2.24) is 0 Å². The Hall–Kier alpha value is -2.71. The van der Waals surface area contributed by atoms with E-state index in [0.29, 0.717) is 24.0 Å². The van der Waals surface area contributed by atoms with E-state index in [1.54, 1.807) is 18.4 Å². The number of aliphatic hydroxyl groups excluding tert-OH is 1. The first kappa shape index (κ1) is 24.0. The van der Waals surface area contributed by atoms with E-state index in [4.69, 9.17) is 18.6 Å². The van der Waals surface area contributed by atoms with Crippen LogP contribution in [0.15, 0.2) is 46.3 Å². The van der Waals surface area contributed by atoms with Crippen LogP contribution in [0.3, 0.4) is 0 Å². The predicted octanol–water partition coefficient (Wildman–Crippen LogP) is 3.45. The van der Waals surface area contributed by atoms with Gasteiger partial charge in [0, 0.05) is 33.5 Å². The molecule has 1 aromatic rings. The minimum Gasteiger partial charge on any atom is -0.472 e. The molecule has 0 radical (unpaired) electrons. The quantitative estimate of drug-likeness (QED) is 0.394. The maximum atomic E-state index is 13.8. The van der Waals surface area contributed by atoms with Gasteiger partial charge in [0.1, 0.15) is 17.8 Å². The van der Waals surface area contributed by atoms with E-state index in [1.807, 2.05) is 34.6 Å². The minimum atomic E-state index is -1.39. The maximum absolute atomic E-state index is 13.8. The van der Waals surface area contributed by atoms with Crippen LogP contribution in [0.4, 0.5) is 0 Å². The number of Topliss-reactive ketones (excluding diaryl/α,β-unsaturated/α-hetero) is 1. The van der Waals surface area contributed by atoms with Gasteiger partial charge in [-0.1, -0.05) is 32.4 Å². The van der Waals surface area contributed by atoms with Crippen molar-refractivity contribution in [3.63, 3.8) is 0 Å². The summed E-state index contributed by atoms with van der Waals surface area (Å²) in [4.78, 5) is 39.0. The molecule has 8 atom stereocenters. The number of esters is 2. The molecule has 2 saturated heterocycles. The lowest BCUT2D eigenvalue weighted by Gasteiger charge is -2.64. The molecule has 188 valence electrons. The zero-order valence-corrected chi connectivity index (χ0v) is 20.9. The minimum absolute atomic E-state index is 0.303. The fraction of sp³-hybridized carbons (Fsp3) is 0.593. The molecule has 2 aliphatic carbocycles. The number of fused-ring (bicyclic) bond motifs is 1. The Kier molecular flexibility index (Phi) is 5.07. The molecule has 8 nitrogen and oxygen atoms in total. The van der Waals surface area contributed by atoms with Crippen molar-refractivity contribution >= 4 is 17.7 Å². The molecule has 4 aliphatic rings. The number of methoxy groups -OCH3 is 1. The standard InChI is InChI=1S/C27H32O8/c1-14(2)18-19(29)20(30)26(5)16(24(18,3)10-8-17(28)32-6)7-11-25(4)21(15-9-12-33-13-15)34-23(31)22-27(25,26)35-22/h8-10,12-13,16,20-22,30H,7,11H2,1-6H3/b10-8-/t16-,20+,21+,22-,24-,25+,26+,27-/m1/s1. The van der Waals surface area contributed by atoms with Crippen LogP contribution in [-0.4, -0.2) is 47.7 Å². The van der Waals surface area contributed by atoms with E-state index in [1.165, 1.54) is 19.4 Å². The molecule has 0 unspecified atom stereocenters. The van der Waals surface area contributed by atoms with Crippen molar-refractivity contribution in [1.29, 1.82) is 0 Å². The van der Waals surface area contributed by atoms with Crippen LogP contribution in [0, 0.1) is 22.2 Å². The zero-order valence-electron chi connectivity index (χ0n) is 20.9. The molecule has 8 heteroatoms. The molecule has 1 spiro atoms. The molecule has 5 rings (SSSR count). The van der Waals surface area contributed by atoms with E-state index in [-0.39, 0.29) is 5.92 Å². The predicted molar refractivity (Wildman–Crippen MR) is 123 cm³/mol. The van der Waals surface area contributed by atoms with Crippen LogP contribution in [-0.2, 0) is 28.6 Å². The number of ketones is 1. The van der Waals surface area contributed by atoms with Crippen LogP contribution < -0.4 is 0 Å². The number of allylic oxidation sites excluding steroid dienone is 2. The topological polar surface area (TPSA) is 116 Å². The van der Waals surface area contributed by atoms with Gasteiger partial charge in [-0.25, -0.2) is 9.59 Å². The van der Waals surface area contributed by atoms with Gasteiger partial charge in [0.05, 0.1) is 19.6 Å². The number of rotatable bonds is 3. The van der Waals surface area contributed by atoms with Crippen molar-refractivity contribution < 1.29 is 38.1 Å². The molecule has 0 bridgehead atoms. The monoisotopic (exact) mass is 484 g/mol. The number of hydrogen-bond donors (Lipinski definition) is 1. The number of cyclic esters (lactones) is 1. The van der Waals surface area contributed by atoms with Crippen LogP contribution in [0.2, 0.25) is 0 Å². The Morgan fingerprint density at radius 2 is 1.91 bits per heavy atom. The highest BCUT2D eigenvalue weighted by Crippen LogP contribution is 2.78. The van der Waals surface area contributed by atoms with Gasteiger partial charge in [-0.2, -0.15) is 0 Å². The lowest BCUT2D eigenvalue weighted by molar-refractivity contribution is -0.218. The van der Waals surface area contributed by atoms with Crippen molar-refractivity contribution in [3.8, 4) is 0 Å². The first-order valence-electron chi connectivity index (χ1n) is 12.0. The summed E-state index contributed by atoms with van der Waals surface area (Å²) in [5.74, 6) is -1.75. The first-order chi connectivity index (χ1) is 16.4. The van der Waals surface area contributed by atoms with Gasteiger partial charge in [0.25, 0.3) is 0 Å². The molecular formula is C27H32O8. The third-order valence-electron chi connectivity index (χ3n) is 9.41. The molecule has 2 saturated carbocycles. The second kappa shape index (κ2) is 7.40. The lowest BCUT2D eigenvalue weighted by Crippen LogP contribution is -2.72. The summed E-state index contributed by atoms with van der Waals surface area (Å²) in [6.07, 6.45) is 4.46. The Morgan fingerprint density at radius 3 is 2.51 bits per heavy atom. The molecule has 1 aromatic heterocycles. The third-order valence-corrected chi connectivity index (χ3v) is 9.41. The molecule has 4 fully saturated rings. The fourth-order valence-electron chi connectivity index (χ4n) is 7.97. The normalized spacial score (nSPS) is 44.3. The highest BCUT2D eigenvalue weighted by atomic mass is 16.7. The summed E-state index contributed by atoms with van der Waals surface area (Å²) in [6, 6.07) is 1.76. The fourth-order valence-corrected chi connectivity index (χ4v) is 7.97. The van der Waals surface area contributed by atoms with E-state index >= 15 is 0 Å². The summed E-state index contributed by atoms with van der Waals surface area (Å²) in [5.41, 5.74) is -1.89. The van der Waals surface area contributed by atoms with E-state index < -0.39 is 57.9 Å². The molecule has 3 heterocycles. The number of ether oxygens (including phenoxy) is 3. The summed E-state index contributed by atoms with van der Waals surface area (Å²) < 4.78 is 22.3. The molecule has 0 amide bonds. The Balaban J connectivity index is 1.72. The van der Waals surface area contributed by atoms with Crippen molar-refractivity contribution in [2.45, 2.75) is 71.4 Å². The summed E-state index contributed by atoms with van der Waals surface area (Å²) in [7, 11) is 1.30. The lowest BCUT2D eigenvalue weighted by atomic mass is 9.38. The second-order valence-electron chi connectivity index (χ2n) is 11.2. The average molecular weight is 485 g/mol. The largest absolute Gasteiger partial charge is 0.472 e. The Labute approximate surface area is 204 Å². The van der Waals surface area contributed by atoms with Crippen molar-refractivity contribution in [3.05, 3.63) is 47.5 Å². The van der Waals surface area contributed by atoms with Crippen LogP contribution in [0.25, 0.3) is 0 Å². The number of carbonyl (C=O) groups is 3. The van der Waals surface area contributed by atoms with Crippen LogP contribution in [0.1, 0.15) is 59.1 Å². The van der Waals surface area contributed by atoms with Crippen molar-refractivity contribution in [2.75, 3.05) is 7.11 Å². The number of furan rings is 1.